The Morgan fingerprint density at radius 3 is 2.24 bits per heavy atom. The normalized spacial score (nSPS) is 12.0. The molecule has 0 bridgehead atoms. The molecule has 0 aromatic heterocycles. The van der Waals surface area contributed by atoms with Crippen LogP contribution in [0.4, 0.5) is 0 Å². The molecule has 0 aliphatic rings. The molecule has 0 aliphatic heterocycles. The predicted molar refractivity (Wildman–Crippen MR) is 84.5 cm³/mol. The molecular formula is C17H22N2O2. The monoisotopic (exact) mass is 286 g/mol. The third kappa shape index (κ3) is 3.97. The SMILES string of the molecule is COc1cc(OC)cc(C(Cc2cccc(C)c2)NN)c1. The number of hydrogen-bond acceptors (Lipinski definition) is 4. The standard InChI is InChI=1S/C17H22N2O2/c1-12-5-4-6-13(7-12)8-17(19-18)14-9-15(20-2)11-16(10-14)21-3/h4-7,9-11,17,19H,8,18H2,1-3H3. The van der Waals surface area contributed by atoms with E-state index in [1.165, 1.54) is 11.1 Å². The van der Waals surface area contributed by atoms with Gasteiger partial charge in [-0.2, -0.15) is 0 Å². The van der Waals surface area contributed by atoms with E-state index in [-0.39, 0.29) is 6.04 Å². The molecule has 112 valence electrons. The van der Waals surface area contributed by atoms with Crippen molar-refractivity contribution >= 4 is 0 Å². The highest BCUT2D eigenvalue weighted by Gasteiger charge is 2.13. The van der Waals surface area contributed by atoms with E-state index in [9.17, 15) is 0 Å². The summed E-state index contributed by atoms with van der Waals surface area (Å²) in [6, 6.07) is 14.2. The molecule has 4 heteroatoms. The minimum atomic E-state index is -0.00389. The minimum Gasteiger partial charge on any atom is -0.497 e. The second-order valence-electron chi connectivity index (χ2n) is 5.06. The largest absolute Gasteiger partial charge is 0.497 e. The Labute approximate surface area is 125 Å². The summed E-state index contributed by atoms with van der Waals surface area (Å²) in [7, 11) is 3.29. The van der Waals surface area contributed by atoms with Gasteiger partial charge in [-0.05, 0) is 36.6 Å². The maximum absolute atomic E-state index is 5.74. The van der Waals surface area contributed by atoms with Gasteiger partial charge in [0, 0.05) is 6.07 Å². The summed E-state index contributed by atoms with van der Waals surface area (Å²) in [5, 5.41) is 0. The van der Waals surface area contributed by atoms with Crippen LogP contribution in [0.5, 0.6) is 11.5 Å². The van der Waals surface area contributed by atoms with Crippen LogP contribution in [0.1, 0.15) is 22.7 Å². The van der Waals surface area contributed by atoms with Crippen molar-refractivity contribution in [2.24, 2.45) is 5.84 Å². The molecule has 0 fully saturated rings. The molecule has 21 heavy (non-hydrogen) atoms. The molecule has 0 aliphatic carbocycles. The average Bonchev–Trinajstić information content (AvgIpc) is 2.52. The van der Waals surface area contributed by atoms with Gasteiger partial charge in [-0.15, -0.1) is 0 Å². The van der Waals surface area contributed by atoms with Gasteiger partial charge in [-0.3, -0.25) is 11.3 Å². The van der Waals surface area contributed by atoms with Gasteiger partial charge < -0.3 is 9.47 Å². The van der Waals surface area contributed by atoms with Crippen molar-refractivity contribution < 1.29 is 9.47 Å². The summed E-state index contributed by atoms with van der Waals surface area (Å²) in [4.78, 5) is 0. The van der Waals surface area contributed by atoms with E-state index in [1.807, 2.05) is 18.2 Å². The molecule has 1 atom stereocenters. The number of hydrogen-bond donors (Lipinski definition) is 2. The van der Waals surface area contributed by atoms with Crippen molar-refractivity contribution in [3.63, 3.8) is 0 Å². The summed E-state index contributed by atoms with van der Waals surface area (Å²) in [5.41, 5.74) is 6.39. The Bertz CT molecular complexity index is 577. The molecule has 0 radical (unpaired) electrons. The molecule has 2 aromatic rings. The van der Waals surface area contributed by atoms with E-state index in [2.05, 4.69) is 36.6 Å². The molecule has 2 rings (SSSR count). The van der Waals surface area contributed by atoms with E-state index in [0.717, 1.165) is 23.5 Å². The van der Waals surface area contributed by atoms with Gasteiger partial charge in [0.25, 0.3) is 0 Å². The van der Waals surface area contributed by atoms with Crippen molar-refractivity contribution in [1.82, 2.24) is 5.43 Å². The Morgan fingerprint density at radius 1 is 1.05 bits per heavy atom. The molecule has 0 heterocycles. The van der Waals surface area contributed by atoms with Gasteiger partial charge in [0.15, 0.2) is 0 Å². The molecular weight excluding hydrogens is 264 g/mol. The number of aryl methyl sites for hydroxylation is 1. The van der Waals surface area contributed by atoms with E-state index in [4.69, 9.17) is 15.3 Å². The fourth-order valence-electron chi connectivity index (χ4n) is 2.38. The minimum absolute atomic E-state index is 0.00389. The predicted octanol–water partition coefficient (Wildman–Crippen LogP) is 2.76. The first-order valence-electron chi connectivity index (χ1n) is 6.91. The molecule has 2 aromatic carbocycles. The van der Waals surface area contributed by atoms with Crippen molar-refractivity contribution in [3.8, 4) is 11.5 Å². The van der Waals surface area contributed by atoms with Crippen LogP contribution < -0.4 is 20.7 Å². The Balaban J connectivity index is 2.28. The van der Waals surface area contributed by atoms with Gasteiger partial charge in [-0.25, -0.2) is 0 Å². The van der Waals surface area contributed by atoms with Crippen molar-refractivity contribution in [3.05, 3.63) is 59.2 Å². The summed E-state index contributed by atoms with van der Waals surface area (Å²) in [6.07, 6.45) is 0.800. The topological polar surface area (TPSA) is 56.5 Å². The van der Waals surface area contributed by atoms with Crippen molar-refractivity contribution in [2.75, 3.05) is 14.2 Å². The number of nitrogens with two attached hydrogens (primary N) is 1. The number of ether oxygens (including phenoxy) is 2. The van der Waals surface area contributed by atoms with Gasteiger partial charge >= 0.3 is 0 Å². The van der Waals surface area contributed by atoms with Crippen LogP contribution >= 0.6 is 0 Å². The van der Waals surface area contributed by atoms with Crippen LogP contribution in [-0.2, 0) is 6.42 Å². The van der Waals surface area contributed by atoms with Crippen LogP contribution in [0.15, 0.2) is 42.5 Å². The number of hydrazine groups is 1. The zero-order valence-electron chi connectivity index (χ0n) is 12.7. The lowest BCUT2D eigenvalue weighted by atomic mass is 9.98. The quantitative estimate of drug-likeness (QED) is 0.633. The first-order chi connectivity index (χ1) is 10.2. The molecule has 4 nitrogen and oxygen atoms in total. The number of benzene rings is 2. The van der Waals surface area contributed by atoms with Crippen LogP contribution in [-0.4, -0.2) is 14.2 Å². The molecule has 0 spiro atoms. The van der Waals surface area contributed by atoms with Crippen LogP contribution in [0.3, 0.4) is 0 Å². The lowest BCUT2D eigenvalue weighted by Gasteiger charge is -2.18. The highest BCUT2D eigenvalue weighted by atomic mass is 16.5. The highest BCUT2D eigenvalue weighted by Crippen LogP contribution is 2.28. The highest BCUT2D eigenvalue weighted by molar-refractivity contribution is 5.40. The molecule has 3 N–H and O–H groups in total. The summed E-state index contributed by atoms with van der Waals surface area (Å²) in [6.45, 7) is 2.09. The summed E-state index contributed by atoms with van der Waals surface area (Å²) >= 11 is 0. The van der Waals surface area contributed by atoms with Crippen molar-refractivity contribution in [1.29, 1.82) is 0 Å². The van der Waals surface area contributed by atoms with Gasteiger partial charge in [0.1, 0.15) is 11.5 Å². The van der Waals surface area contributed by atoms with E-state index < -0.39 is 0 Å². The van der Waals surface area contributed by atoms with E-state index in [1.54, 1.807) is 14.2 Å². The van der Waals surface area contributed by atoms with Gasteiger partial charge in [0.2, 0.25) is 0 Å². The third-order valence-electron chi connectivity index (χ3n) is 3.50. The summed E-state index contributed by atoms with van der Waals surface area (Å²) in [5.74, 6) is 7.26. The maximum atomic E-state index is 5.74. The Hall–Kier alpha value is -2.04. The second-order valence-corrected chi connectivity index (χ2v) is 5.06. The first-order valence-corrected chi connectivity index (χ1v) is 6.91. The number of nitrogens with one attached hydrogen (secondary N) is 1. The van der Waals surface area contributed by atoms with E-state index in [0.29, 0.717) is 0 Å². The maximum Gasteiger partial charge on any atom is 0.122 e. The zero-order chi connectivity index (χ0) is 15.2. The Kier molecular flexibility index (Phi) is 5.20. The van der Waals surface area contributed by atoms with Gasteiger partial charge in [-0.1, -0.05) is 29.8 Å². The van der Waals surface area contributed by atoms with Gasteiger partial charge in [0.05, 0.1) is 20.3 Å². The van der Waals surface area contributed by atoms with Crippen LogP contribution in [0.2, 0.25) is 0 Å². The smallest absolute Gasteiger partial charge is 0.122 e. The summed E-state index contributed by atoms with van der Waals surface area (Å²) < 4.78 is 10.6. The number of methoxy groups -OCH3 is 2. The van der Waals surface area contributed by atoms with Crippen LogP contribution in [0.25, 0.3) is 0 Å². The lowest BCUT2D eigenvalue weighted by Crippen LogP contribution is -2.29. The second kappa shape index (κ2) is 7.11. The fraction of sp³-hybridized carbons (Fsp3) is 0.294. The molecule has 0 saturated heterocycles. The Morgan fingerprint density at radius 2 is 1.71 bits per heavy atom. The lowest BCUT2D eigenvalue weighted by molar-refractivity contribution is 0.391. The van der Waals surface area contributed by atoms with Crippen LogP contribution in [0, 0.1) is 6.92 Å². The van der Waals surface area contributed by atoms with Crippen molar-refractivity contribution in [2.45, 2.75) is 19.4 Å². The zero-order valence-corrected chi connectivity index (χ0v) is 12.7. The molecule has 0 amide bonds. The first kappa shape index (κ1) is 15.4. The number of rotatable bonds is 6. The van der Waals surface area contributed by atoms with E-state index >= 15 is 0 Å². The molecule has 1 unspecified atom stereocenters. The molecule has 0 saturated carbocycles. The fourth-order valence-corrected chi connectivity index (χ4v) is 2.38. The average molecular weight is 286 g/mol. The third-order valence-corrected chi connectivity index (χ3v) is 3.50.